The van der Waals surface area contributed by atoms with Crippen molar-refractivity contribution in [2.45, 2.75) is 64.6 Å². The fourth-order valence-corrected chi connectivity index (χ4v) is 4.27. The molecule has 0 spiro atoms. The number of carbonyl (C=O) groups excluding carboxylic acids is 1. The number of rotatable bonds is 11. The van der Waals surface area contributed by atoms with Gasteiger partial charge in [-0.3, -0.25) is 4.79 Å². The Kier molecular flexibility index (Phi) is 8.98. The summed E-state index contributed by atoms with van der Waals surface area (Å²) in [5.41, 5.74) is 2.97. The van der Waals surface area contributed by atoms with Gasteiger partial charge in [-0.2, -0.15) is 0 Å². The number of nitrogens with one attached hydrogen (secondary N) is 1. The predicted molar refractivity (Wildman–Crippen MR) is 137 cm³/mol. The molecule has 34 heavy (non-hydrogen) atoms. The first kappa shape index (κ1) is 25.6. The monoisotopic (exact) mass is 482 g/mol. The summed E-state index contributed by atoms with van der Waals surface area (Å²) in [6.07, 6.45) is 0.992. The van der Waals surface area contributed by atoms with Crippen LogP contribution < -0.4 is 14.8 Å². The van der Waals surface area contributed by atoms with Crippen LogP contribution >= 0.6 is 11.8 Å². The summed E-state index contributed by atoms with van der Waals surface area (Å²) in [5.74, 6) is 2.43. The number of aromatic nitrogens is 3. The van der Waals surface area contributed by atoms with Gasteiger partial charge < -0.3 is 19.4 Å². The lowest BCUT2D eigenvalue weighted by atomic mass is 10.2. The summed E-state index contributed by atoms with van der Waals surface area (Å²) in [5, 5.41) is 12.0. The number of amides is 1. The van der Waals surface area contributed by atoms with Gasteiger partial charge in [-0.25, -0.2) is 0 Å². The fourth-order valence-electron chi connectivity index (χ4n) is 3.40. The summed E-state index contributed by atoms with van der Waals surface area (Å²) in [6, 6.07) is 13.8. The summed E-state index contributed by atoms with van der Waals surface area (Å²) in [6.45, 7) is 11.3. The molecule has 0 aliphatic heterocycles. The SMILES string of the molecule is CCc1ccc(OCc2nnc(SC(C)C(=O)Nc3cc(C)ccc3OC)n2CC(C)C)cc1. The van der Waals surface area contributed by atoms with E-state index >= 15 is 0 Å². The molecular weight excluding hydrogens is 448 g/mol. The largest absolute Gasteiger partial charge is 0.495 e. The molecule has 0 bridgehead atoms. The van der Waals surface area contributed by atoms with E-state index in [9.17, 15) is 4.79 Å². The second kappa shape index (κ2) is 11.9. The quantitative estimate of drug-likeness (QED) is 0.363. The van der Waals surface area contributed by atoms with Crippen LogP contribution in [-0.2, 0) is 24.4 Å². The van der Waals surface area contributed by atoms with Gasteiger partial charge in [-0.15, -0.1) is 10.2 Å². The molecule has 1 atom stereocenters. The molecule has 182 valence electrons. The maximum Gasteiger partial charge on any atom is 0.237 e. The zero-order valence-electron chi connectivity index (χ0n) is 20.8. The number of benzene rings is 2. The molecule has 0 fully saturated rings. The normalized spacial score (nSPS) is 12.0. The molecule has 0 saturated carbocycles. The molecule has 1 N–H and O–H groups in total. The van der Waals surface area contributed by atoms with Crippen LogP contribution in [0.2, 0.25) is 0 Å². The molecule has 0 radical (unpaired) electrons. The highest BCUT2D eigenvalue weighted by atomic mass is 32.2. The molecule has 0 aliphatic rings. The van der Waals surface area contributed by atoms with Crippen LogP contribution in [0.25, 0.3) is 0 Å². The Hall–Kier alpha value is -3.00. The number of hydrogen-bond donors (Lipinski definition) is 1. The molecule has 1 aromatic heterocycles. The average molecular weight is 483 g/mol. The lowest BCUT2D eigenvalue weighted by Crippen LogP contribution is -2.23. The molecule has 0 aliphatic carbocycles. The van der Waals surface area contributed by atoms with E-state index in [1.165, 1.54) is 17.3 Å². The number of carbonyl (C=O) groups is 1. The van der Waals surface area contributed by atoms with E-state index < -0.39 is 0 Å². The molecule has 1 amide bonds. The van der Waals surface area contributed by atoms with Crippen LogP contribution in [0.4, 0.5) is 5.69 Å². The molecule has 3 rings (SSSR count). The van der Waals surface area contributed by atoms with Gasteiger partial charge in [0, 0.05) is 6.54 Å². The Morgan fingerprint density at radius 1 is 1.12 bits per heavy atom. The third-order valence-corrected chi connectivity index (χ3v) is 6.39. The van der Waals surface area contributed by atoms with Crippen molar-refractivity contribution in [1.82, 2.24) is 14.8 Å². The summed E-state index contributed by atoms with van der Waals surface area (Å²) in [4.78, 5) is 12.9. The smallest absolute Gasteiger partial charge is 0.237 e. The van der Waals surface area contributed by atoms with Gasteiger partial charge in [0.15, 0.2) is 11.0 Å². The molecule has 3 aromatic rings. The van der Waals surface area contributed by atoms with Crippen LogP contribution in [0.15, 0.2) is 47.6 Å². The van der Waals surface area contributed by atoms with E-state index in [0.717, 1.165) is 30.1 Å². The van der Waals surface area contributed by atoms with Crippen LogP contribution in [-0.4, -0.2) is 33.0 Å². The zero-order valence-corrected chi connectivity index (χ0v) is 21.6. The lowest BCUT2D eigenvalue weighted by Gasteiger charge is -2.16. The van der Waals surface area contributed by atoms with Crippen molar-refractivity contribution in [3.05, 3.63) is 59.4 Å². The highest BCUT2D eigenvalue weighted by Gasteiger charge is 2.22. The molecule has 1 unspecified atom stereocenters. The molecule has 8 heteroatoms. The van der Waals surface area contributed by atoms with Gasteiger partial charge in [0.2, 0.25) is 5.91 Å². The van der Waals surface area contributed by atoms with Crippen molar-refractivity contribution in [3.63, 3.8) is 0 Å². The third kappa shape index (κ3) is 6.76. The van der Waals surface area contributed by atoms with Gasteiger partial charge in [0.25, 0.3) is 0 Å². The minimum Gasteiger partial charge on any atom is -0.495 e. The van der Waals surface area contributed by atoms with Crippen molar-refractivity contribution < 1.29 is 14.3 Å². The van der Waals surface area contributed by atoms with Gasteiger partial charge in [-0.05, 0) is 61.6 Å². The lowest BCUT2D eigenvalue weighted by molar-refractivity contribution is -0.115. The topological polar surface area (TPSA) is 78.3 Å². The number of hydrogen-bond acceptors (Lipinski definition) is 6. The summed E-state index contributed by atoms with van der Waals surface area (Å²) >= 11 is 1.39. The molecule has 7 nitrogen and oxygen atoms in total. The molecule has 2 aromatic carbocycles. The number of anilines is 1. The van der Waals surface area contributed by atoms with Crippen LogP contribution in [0.1, 0.15) is 44.6 Å². The van der Waals surface area contributed by atoms with Crippen LogP contribution in [0.3, 0.4) is 0 Å². The van der Waals surface area contributed by atoms with Gasteiger partial charge in [-0.1, -0.05) is 50.7 Å². The van der Waals surface area contributed by atoms with E-state index in [0.29, 0.717) is 29.1 Å². The molecular formula is C26H34N4O3S. The Balaban J connectivity index is 1.71. The van der Waals surface area contributed by atoms with E-state index in [4.69, 9.17) is 9.47 Å². The number of aryl methyl sites for hydroxylation is 2. The zero-order chi connectivity index (χ0) is 24.7. The van der Waals surface area contributed by atoms with E-state index in [1.54, 1.807) is 7.11 Å². The number of methoxy groups -OCH3 is 1. The van der Waals surface area contributed by atoms with E-state index in [-0.39, 0.29) is 11.2 Å². The van der Waals surface area contributed by atoms with Crippen molar-refractivity contribution >= 4 is 23.4 Å². The van der Waals surface area contributed by atoms with E-state index in [1.807, 2.05) is 48.7 Å². The Morgan fingerprint density at radius 2 is 1.85 bits per heavy atom. The van der Waals surface area contributed by atoms with Crippen molar-refractivity contribution in [2.24, 2.45) is 5.92 Å². The van der Waals surface area contributed by atoms with Crippen LogP contribution in [0, 0.1) is 12.8 Å². The summed E-state index contributed by atoms with van der Waals surface area (Å²) < 4.78 is 13.4. The Bertz CT molecular complexity index is 1100. The van der Waals surface area contributed by atoms with Crippen LogP contribution in [0.5, 0.6) is 11.5 Å². The standard InChI is InChI=1S/C26H34N4O3S/c1-7-20-9-11-21(12-10-20)33-16-24-28-29-26(30(24)15-17(2)3)34-19(5)25(31)27-22-14-18(4)8-13-23(22)32-6/h8-14,17,19H,7,15-16H2,1-6H3,(H,27,31). The molecule has 0 saturated heterocycles. The first-order valence-electron chi connectivity index (χ1n) is 11.6. The van der Waals surface area contributed by atoms with Gasteiger partial charge in [0.1, 0.15) is 18.1 Å². The number of thioether (sulfide) groups is 1. The van der Waals surface area contributed by atoms with Gasteiger partial charge in [0.05, 0.1) is 18.0 Å². The Labute approximate surface area is 206 Å². The van der Waals surface area contributed by atoms with Crippen molar-refractivity contribution in [2.75, 3.05) is 12.4 Å². The number of ether oxygens (including phenoxy) is 2. The minimum absolute atomic E-state index is 0.123. The molecule has 1 heterocycles. The van der Waals surface area contributed by atoms with E-state index in [2.05, 4.69) is 48.4 Å². The highest BCUT2D eigenvalue weighted by Crippen LogP contribution is 2.28. The fraction of sp³-hybridized carbons (Fsp3) is 0.423. The average Bonchev–Trinajstić information content (AvgIpc) is 3.18. The predicted octanol–water partition coefficient (Wildman–Crippen LogP) is 5.51. The number of nitrogens with zero attached hydrogens (tertiary/aromatic N) is 3. The first-order chi connectivity index (χ1) is 16.3. The third-order valence-electron chi connectivity index (χ3n) is 5.30. The maximum absolute atomic E-state index is 12.9. The van der Waals surface area contributed by atoms with Gasteiger partial charge >= 0.3 is 0 Å². The summed E-state index contributed by atoms with van der Waals surface area (Å²) in [7, 11) is 1.59. The first-order valence-corrected chi connectivity index (χ1v) is 12.4. The second-order valence-corrected chi connectivity index (χ2v) is 9.95. The van der Waals surface area contributed by atoms with Crippen molar-refractivity contribution in [1.29, 1.82) is 0 Å². The van der Waals surface area contributed by atoms with Crippen molar-refractivity contribution in [3.8, 4) is 11.5 Å². The highest BCUT2D eigenvalue weighted by molar-refractivity contribution is 8.00. The maximum atomic E-state index is 12.9. The Morgan fingerprint density at radius 3 is 2.50 bits per heavy atom. The second-order valence-electron chi connectivity index (χ2n) is 8.64. The minimum atomic E-state index is -0.379.